The van der Waals surface area contributed by atoms with Gasteiger partial charge in [0.05, 0.1) is 11.6 Å². The number of nitrogens with one attached hydrogen (secondary N) is 1. The lowest BCUT2D eigenvalue weighted by Crippen LogP contribution is -2.29. The summed E-state index contributed by atoms with van der Waals surface area (Å²) >= 11 is 0. The number of benzene rings is 3. The Kier molecular flexibility index (Phi) is 5.01. The van der Waals surface area contributed by atoms with Crippen molar-refractivity contribution in [3.63, 3.8) is 0 Å². The predicted molar refractivity (Wildman–Crippen MR) is 119 cm³/mol. The molecule has 1 saturated heterocycles. The van der Waals surface area contributed by atoms with Crippen molar-refractivity contribution < 1.29 is 23.5 Å². The SMILES string of the molecule is O=C1C(=O)N(Cc2ccc(F)cc2)C(c2ccc(F)cc2)/C1=C(/O)c1c[nH]c2ccccc12. The molecule has 0 saturated carbocycles. The minimum atomic E-state index is -0.940. The molecular formula is C26H18F2N2O3. The molecule has 0 bridgehead atoms. The number of rotatable bonds is 4. The number of H-pyrrole nitrogens is 1. The minimum absolute atomic E-state index is 0.0115. The lowest BCUT2D eigenvalue weighted by Gasteiger charge is -2.25. The van der Waals surface area contributed by atoms with Gasteiger partial charge in [-0.3, -0.25) is 9.59 Å². The molecule has 0 radical (unpaired) electrons. The quantitative estimate of drug-likeness (QED) is 0.262. The molecule has 2 heterocycles. The number of nitrogens with zero attached hydrogens (tertiary/aromatic N) is 1. The molecule has 1 amide bonds. The van der Waals surface area contributed by atoms with E-state index in [2.05, 4.69) is 4.98 Å². The first-order valence-corrected chi connectivity index (χ1v) is 10.3. The number of ketones is 1. The molecule has 1 aliphatic heterocycles. The first-order chi connectivity index (χ1) is 15.9. The molecule has 1 fully saturated rings. The number of fused-ring (bicyclic) bond motifs is 1. The molecule has 5 nitrogen and oxygen atoms in total. The second-order valence-electron chi connectivity index (χ2n) is 7.85. The molecule has 1 atom stereocenters. The van der Waals surface area contributed by atoms with Crippen LogP contribution in [-0.2, 0) is 16.1 Å². The van der Waals surface area contributed by atoms with Crippen LogP contribution in [0.3, 0.4) is 0 Å². The Morgan fingerprint density at radius 3 is 2.24 bits per heavy atom. The fraction of sp³-hybridized carbons (Fsp3) is 0.0769. The van der Waals surface area contributed by atoms with E-state index in [-0.39, 0.29) is 17.9 Å². The fourth-order valence-corrected chi connectivity index (χ4v) is 4.23. The summed E-state index contributed by atoms with van der Waals surface area (Å²) in [6.45, 7) is 0.0115. The maximum Gasteiger partial charge on any atom is 0.295 e. The van der Waals surface area contributed by atoms with Crippen LogP contribution in [0.25, 0.3) is 16.7 Å². The Labute approximate surface area is 187 Å². The molecule has 7 heteroatoms. The van der Waals surface area contributed by atoms with Crippen LogP contribution in [0, 0.1) is 11.6 Å². The van der Waals surface area contributed by atoms with Crippen LogP contribution in [-0.4, -0.2) is 26.7 Å². The number of carbonyl (C=O) groups excluding carboxylic acids is 2. The summed E-state index contributed by atoms with van der Waals surface area (Å²) in [6, 6.07) is 17.3. The van der Waals surface area contributed by atoms with Crippen molar-refractivity contribution in [3.05, 3.63) is 113 Å². The van der Waals surface area contributed by atoms with E-state index in [1.165, 1.54) is 53.4 Å². The summed E-state index contributed by atoms with van der Waals surface area (Å²) in [5.41, 5.74) is 2.14. The van der Waals surface area contributed by atoms with Gasteiger partial charge in [-0.25, -0.2) is 8.78 Å². The highest BCUT2D eigenvalue weighted by molar-refractivity contribution is 6.46. The van der Waals surface area contributed by atoms with Crippen LogP contribution in [0.15, 0.2) is 84.6 Å². The summed E-state index contributed by atoms with van der Waals surface area (Å²) in [7, 11) is 0. The number of amides is 1. The standard InChI is InChI=1S/C26H18F2N2O3/c27-17-9-5-15(6-10-17)14-30-23(16-7-11-18(28)12-8-16)22(25(32)26(30)33)24(31)20-13-29-21-4-2-1-3-19(20)21/h1-13,23,29,31H,14H2/b24-22-. The third kappa shape index (κ3) is 3.57. The van der Waals surface area contributed by atoms with E-state index in [4.69, 9.17) is 0 Å². The molecule has 1 aliphatic rings. The minimum Gasteiger partial charge on any atom is -0.507 e. The zero-order valence-electron chi connectivity index (χ0n) is 17.3. The Hall–Kier alpha value is -4.26. The number of carbonyl (C=O) groups is 2. The number of Topliss-reactive ketones (excluding diaryl/α,β-unsaturated/α-hetero) is 1. The number of aliphatic hydroxyl groups excluding tert-OH is 1. The van der Waals surface area contributed by atoms with Crippen molar-refractivity contribution in [1.29, 1.82) is 0 Å². The molecule has 5 rings (SSSR count). The van der Waals surface area contributed by atoms with Gasteiger partial charge in [0.2, 0.25) is 0 Å². The lowest BCUT2D eigenvalue weighted by molar-refractivity contribution is -0.140. The van der Waals surface area contributed by atoms with Gasteiger partial charge in [0.15, 0.2) is 0 Å². The number of aromatic amines is 1. The molecule has 4 aromatic rings. The van der Waals surface area contributed by atoms with Crippen molar-refractivity contribution in [2.45, 2.75) is 12.6 Å². The van der Waals surface area contributed by atoms with Gasteiger partial charge in [0, 0.05) is 29.2 Å². The van der Waals surface area contributed by atoms with Crippen molar-refractivity contribution in [2.24, 2.45) is 0 Å². The van der Waals surface area contributed by atoms with E-state index in [0.29, 0.717) is 22.1 Å². The van der Waals surface area contributed by atoms with Gasteiger partial charge in [-0.2, -0.15) is 0 Å². The highest BCUT2D eigenvalue weighted by Crippen LogP contribution is 2.41. The van der Waals surface area contributed by atoms with E-state index in [1.807, 2.05) is 12.1 Å². The molecule has 1 unspecified atom stereocenters. The average Bonchev–Trinajstić information content (AvgIpc) is 3.36. The van der Waals surface area contributed by atoms with Gasteiger partial charge in [0.1, 0.15) is 17.4 Å². The van der Waals surface area contributed by atoms with Crippen LogP contribution in [0.5, 0.6) is 0 Å². The molecule has 0 aliphatic carbocycles. The molecule has 164 valence electrons. The monoisotopic (exact) mass is 444 g/mol. The van der Waals surface area contributed by atoms with E-state index < -0.39 is 29.4 Å². The van der Waals surface area contributed by atoms with Crippen LogP contribution in [0.1, 0.15) is 22.7 Å². The molecular weight excluding hydrogens is 426 g/mol. The summed E-state index contributed by atoms with van der Waals surface area (Å²) in [5, 5.41) is 11.9. The van der Waals surface area contributed by atoms with E-state index >= 15 is 0 Å². The number of halogens is 2. The third-order valence-electron chi connectivity index (χ3n) is 5.84. The maximum absolute atomic E-state index is 13.6. The van der Waals surface area contributed by atoms with Crippen molar-refractivity contribution in [3.8, 4) is 0 Å². The number of likely N-dealkylation sites (tertiary alicyclic amines) is 1. The van der Waals surface area contributed by atoms with Crippen LogP contribution < -0.4 is 0 Å². The van der Waals surface area contributed by atoms with Crippen molar-refractivity contribution >= 4 is 28.4 Å². The number of aromatic nitrogens is 1. The van der Waals surface area contributed by atoms with Crippen LogP contribution in [0.4, 0.5) is 8.78 Å². The predicted octanol–water partition coefficient (Wildman–Crippen LogP) is 5.07. The van der Waals surface area contributed by atoms with Gasteiger partial charge in [0.25, 0.3) is 11.7 Å². The van der Waals surface area contributed by atoms with Crippen LogP contribution in [0.2, 0.25) is 0 Å². The largest absolute Gasteiger partial charge is 0.507 e. The number of hydrogen-bond donors (Lipinski definition) is 2. The molecule has 33 heavy (non-hydrogen) atoms. The Morgan fingerprint density at radius 1 is 0.909 bits per heavy atom. The second-order valence-corrected chi connectivity index (χ2v) is 7.85. The Bertz CT molecular complexity index is 1410. The highest BCUT2D eigenvalue weighted by Gasteiger charge is 2.46. The summed E-state index contributed by atoms with van der Waals surface area (Å²) in [4.78, 5) is 30.5. The number of hydrogen-bond acceptors (Lipinski definition) is 3. The molecule has 3 aromatic carbocycles. The Morgan fingerprint density at radius 2 is 1.55 bits per heavy atom. The van der Waals surface area contributed by atoms with Gasteiger partial charge in [-0.05, 0) is 41.5 Å². The maximum atomic E-state index is 13.6. The summed E-state index contributed by atoms with van der Waals surface area (Å²) in [5.74, 6) is -2.84. The topological polar surface area (TPSA) is 73.4 Å². The first-order valence-electron chi connectivity index (χ1n) is 10.3. The molecule has 0 spiro atoms. The normalized spacial score (nSPS) is 17.8. The second kappa shape index (κ2) is 8.02. The highest BCUT2D eigenvalue weighted by atomic mass is 19.1. The van der Waals surface area contributed by atoms with Crippen molar-refractivity contribution in [2.75, 3.05) is 0 Å². The molecule has 1 aromatic heterocycles. The number of para-hydroxylation sites is 1. The van der Waals surface area contributed by atoms with Gasteiger partial charge in [-0.1, -0.05) is 42.5 Å². The van der Waals surface area contributed by atoms with Gasteiger partial charge >= 0.3 is 0 Å². The zero-order valence-corrected chi connectivity index (χ0v) is 17.3. The van der Waals surface area contributed by atoms with Gasteiger partial charge < -0.3 is 15.0 Å². The molecule has 2 N–H and O–H groups in total. The average molecular weight is 444 g/mol. The van der Waals surface area contributed by atoms with Gasteiger partial charge in [-0.15, -0.1) is 0 Å². The van der Waals surface area contributed by atoms with Crippen molar-refractivity contribution in [1.82, 2.24) is 9.88 Å². The van der Waals surface area contributed by atoms with E-state index in [0.717, 1.165) is 5.52 Å². The summed E-state index contributed by atoms with van der Waals surface area (Å²) < 4.78 is 27.0. The zero-order chi connectivity index (χ0) is 23.1. The lowest BCUT2D eigenvalue weighted by atomic mass is 9.95. The first kappa shape index (κ1) is 20.6. The third-order valence-corrected chi connectivity index (χ3v) is 5.84. The Balaban J connectivity index is 1.67. The number of aliphatic hydroxyl groups is 1. The van der Waals surface area contributed by atoms with E-state index in [1.54, 1.807) is 18.3 Å². The summed E-state index contributed by atoms with van der Waals surface area (Å²) in [6.07, 6.45) is 1.58. The van der Waals surface area contributed by atoms with Crippen LogP contribution >= 0.6 is 0 Å². The fourth-order valence-electron chi connectivity index (χ4n) is 4.23. The van der Waals surface area contributed by atoms with E-state index in [9.17, 15) is 23.5 Å². The smallest absolute Gasteiger partial charge is 0.295 e.